The van der Waals surface area contributed by atoms with E-state index < -0.39 is 10.0 Å². The maximum absolute atomic E-state index is 11.6. The Morgan fingerprint density at radius 3 is 2.38 bits per heavy atom. The van der Waals surface area contributed by atoms with E-state index in [1.165, 1.54) is 25.0 Å². The molecule has 13 heavy (non-hydrogen) atoms. The summed E-state index contributed by atoms with van der Waals surface area (Å²) >= 11 is 0. The number of hydrogen-bond acceptors (Lipinski definition) is 4. The molecule has 74 valence electrons. The van der Waals surface area contributed by atoms with E-state index in [1.807, 2.05) is 0 Å². The molecule has 0 atom stereocenters. The van der Waals surface area contributed by atoms with E-state index in [0.717, 1.165) is 4.31 Å². The lowest BCUT2D eigenvalue weighted by Gasteiger charge is -2.11. The first-order valence-corrected chi connectivity index (χ1v) is 5.00. The largest absolute Gasteiger partial charge is 0.381 e. The number of sulfonamides is 1. The molecule has 0 bridgehead atoms. The van der Waals surface area contributed by atoms with Crippen LogP contribution in [0.5, 0.6) is 0 Å². The Balaban J connectivity index is 3.38. The first-order valence-electron chi connectivity index (χ1n) is 3.56. The molecular formula is C6H12N4O2S. The number of aryl methyl sites for hydroxylation is 1. The average Bonchev–Trinajstić information content (AvgIpc) is 2.30. The van der Waals surface area contributed by atoms with Crippen LogP contribution in [0.25, 0.3) is 0 Å². The molecule has 2 N–H and O–H groups in total. The van der Waals surface area contributed by atoms with Crippen LogP contribution in [0.15, 0.2) is 11.4 Å². The maximum atomic E-state index is 11.6. The van der Waals surface area contributed by atoms with Crippen LogP contribution in [0.4, 0.5) is 5.82 Å². The molecular weight excluding hydrogens is 192 g/mol. The van der Waals surface area contributed by atoms with Gasteiger partial charge in [0.2, 0.25) is 0 Å². The molecule has 0 fully saturated rings. The van der Waals surface area contributed by atoms with E-state index in [1.54, 1.807) is 7.05 Å². The van der Waals surface area contributed by atoms with E-state index in [4.69, 9.17) is 5.73 Å². The van der Waals surface area contributed by atoms with Gasteiger partial charge in [0.25, 0.3) is 10.0 Å². The number of nitrogen functional groups attached to an aromatic ring is 1. The highest BCUT2D eigenvalue weighted by Crippen LogP contribution is 2.17. The standard InChI is InChI=1S/C6H12N4O2S/c1-9(2)13(11,12)6-5(7)8-4-10(6)3/h4H,7H2,1-3H3. The highest BCUT2D eigenvalue weighted by Gasteiger charge is 2.24. The zero-order valence-electron chi connectivity index (χ0n) is 7.72. The molecule has 1 aromatic rings. The molecule has 0 radical (unpaired) electrons. The molecule has 0 amide bonds. The topological polar surface area (TPSA) is 81.2 Å². The molecule has 0 aliphatic rings. The Kier molecular flexibility index (Phi) is 2.31. The third-order valence-corrected chi connectivity index (χ3v) is 3.58. The van der Waals surface area contributed by atoms with E-state index in [9.17, 15) is 8.42 Å². The lowest BCUT2D eigenvalue weighted by molar-refractivity contribution is 0.512. The minimum atomic E-state index is -3.49. The Labute approximate surface area is 77.0 Å². The van der Waals surface area contributed by atoms with Crippen LogP contribution >= 0.6 is 0 Å². The second kappa shape index (κ2) is 3.00. The summed E-state index contributed by atoms with van der Waals surface area (Å²) in [6, 6.07) is 0. The summed E-state index contributed by atoms with van der Waals surface area (Å²) in [5, 5.41) is 0.0255. The monoisotopic (exact) mass is 204 g/mol. The van der Waals surface area contributed by atoms with E-state index >= 15 is 0 Å². The van der Waals surface area contributed by atoms with Crippen molar-refractivity contribution >= 4 is 15.8 Å². The summed E-state index contributed by atoms with van der Waals surface area (Å²) in [4.78, 5) is 3.70. The van der Waals surface area contributed by atoms with Crippen LogP contribution in [-0.4, -0.2) is 36.4 Å². The minimum absolute atomic E-state index is 0.0243. The van der Waals surface area contributed by atoms with Crippen LogP contribution in [-0.2, 0) is 17.1 Å². The highest BCUT2D eigenvalue weighted by atomic mass is 32.2. The van der Waals surface area contributed by atoms with Crippen molar-refractivity contribution in [2.24, 2.45) is 7.05 Å². The molecule has 0 spiro atoms. The van der Waals surface area contributed by atoms with Gasteiger partial charge < -0.3 is 10.3 Å². The average molecular weight is 204 g/mol. The second-order valence-corrected chi connectivity index (χ2v) is 4.90. The van der Waals surface area contributed by atoms with Crippen molar-refractivity contribution in [3.05, 3.63) is 6.33 Å². The summed E-state index contributed by atoms with van der Waals surface area (Å²) in [5.74, 6) is 0.0243. The first-order chi connectivity index (χ1) is 5.87. The third-order valence-electron chi connectivity index (χ3n) is 1.63. The Morgan fingerprint density at radius 2 is 2.08 bits per heavy atom. The Hall–Kier alpha value is -1.08. The zero-order chi connectivity index (χ0) is 10.2. The predicted octanol–water partition coefficient (Wildman–Crippen LogP) is -0.747. The molecule has 1 aromatic heterocycles. The van der Waals surface area contributed by atoms with Gasteiger partial charge in [0.1, 0.15) is 0 Å². The van der Waals surface area contributed by atoms with Gasteiger partial charge in [-0.1, -0.05) is 0 Å². The summed E-state index contributed by atoms with van der Waals surface area (Å²) in [6.45, 7) is 0. The molecule has 6 nitrogen and oxygen atoms in total. The number of anilines is 1. The molecule has 0 unspecified atom stereocenters. The van der Waals surface area contributed by atoms with Crippen LogP contribution in [0.2, 0.25) is 0 Å². The molecule has 0 aromatic carbocycles. The first kappa shape index (κ1) is 10.0. The predicted molar refractivity (Wildman–Crippen MR) is 48.5 cm³/mol. The van der Waals surface area contributed by atoms with Crippen molar-refractivity contribution < 1.29 is 8.42 Å². The number of nitrogens with two attached hydrogens (primary N) is 1. The highest BCUT2D eigenvalue weighted by molar-refractivity contribution is 7.89. The van der Waals surface area contributed by atoms with Crippen molar-refractivity contribution in [1.29, 1.82) is 0 Å². The van der Waals surface area contributed by atoms with Crippen molar-refractivity contribution in [2.45, 2.75) is 5.03 Å². The lowest BCUT2D eigenvalue weighted by Crippen LogP contribution is -2.25. The van der Waals surface area contributed by atoms with Crippen molar-refractivity contribution in [3.63, 3.8) is 0 Å². The number of aromatic nitrogens is 2. The quantitative estimate of drug-likeness (QED) is 0.687. The molecule has 0 aliphatic heterocycles. The minimum Gasteiger partial charge on any atom is -0.381 e. The van der Waals surface area contributed by atoms with Gasteiger partial charge in [0.15, 0.2) is 10.8 Å². The molecule has 0 saturated carbocycles. The van der Waals surface area contributed by atoms with Gasteiger partial charge in [-0.25, -0.2) is 17.7 Å². The normalized spacial score (nSPS) is 12.3. The fourth-order valence-electron chi connectivity index (χ4n) is 0.924. The molecule has 0 aliphatic carbocycles. The van der Waals surface area contributed by atoms with Gasteiger partial charge in [-0.3, -0.25) is 0 Å². The van der Waals surface area contributed by atoms with E-state index in [-0.39, 0.29) is 10.8 Å². The third kappa shape index (κ3) is 1.52. The van der Waals surface area contributed by atoms with Gasteiger partial charge in [-0.05, 0) is 0 Å². The summed E-state index contributed by atoms with van der Waals surface area (Å²) in [6.07, 6.45) is 1.37. The van der Waals surface area contributed by atoms with Gasteiger partial charge in [0.05, 0.1) is 6.33 Å². The molecule has 0 saturated heterocycles. The summed E-state index contributed by atoms with van der Waals surface area (Å²) in [7, 11) is 0.989. The fraction of sp³-hybridized carbons (Fsp3) is 0.500. The SMILES string of the molecule is CN(C)S(=O)(=O)c1c(N)ncn1C. The lowest BCUT2D eigenvalue weighted by atomic mass is 10.8. The Morgan fingerprint density at radius 1 is 1.54 bits per heavy atom. The zero-order valence-corrected chi connectivity index (χ0v) is 8.54. The smallest absolute Gasteiger partial charge is 0.261 e. The van der Waals surface area contributed by atoms with Crippen molar-refractivity contribution in [2.75, 3.05) is 19.8 Å². The Bertz CT molecular complexity index is 387. The molecule has 1 rings (SSSR count). The van der Waals surface area contributed by atoms with Gasteiger partial charge in [-0.15, -0.1) is 0 Å². The van der Waals surface area contributed by atoms with Gasteiger partial charge in [-0.2, -0.15) is 0 Å². The maximum Gasteiger partial charge on any atom is 0.261 e. The van der Waals surface area contributed by atoms with Crippen molar-refractivity contribution in [3.8, 4) is 0 Å². The number of hydrogen-bond donors (Lipinski definition) is 1. The summed E-state index contributed by atoms with van der Waals surface area (Å²) in [5.41, 5.74) is 5.43. The van der Waals surface area contributed by atoms with Gasteiger partial charge >= 0.3 is 0 Å². The number of imidazole rings is 1. The van der Waals surface area contributed by atoms with Crippen LogP contribution in [0, 0.1) is 0 Å². The van der Waals surface area contributed by atoms with Crippen molar-refractivity contribution in [1.82, 2.24) is 13.9 Å². The van der Waals surface area contributed by atoms with Crippen LogP contribution in [0.3, 0.4) is 0 Å². The molecule has 7 heteroatoms. The van der Waals surface area contributed by atoms with Gasteiger partial charge in [0, 0.05) is 21.1 Å². The van der Waals surface area contributed by atoms with Crippen LogP contribution < -0.4 is 5.73 Å². The molecule has 1 heterocycles. The fourth-order valence-corrected chi connectivity index (χ4v) is 2.00. The van der Waals surface area contributed by atoms with Crippen LogP contribution in [0.1, 0.15) is 0 Å². The van der Waals surface area contributed by atoms with E-state index in [2.05, 4.69) is 4.98 Å². The van der Waals surface area contributed by atoms with E-state index in [0.29, 0.717) is 0 Å². The summed E-state index contributed by atoms with van der Waals surface area (Å²) < 4.78 is 25.7. The number of rotatable bonds is 2. The second-order valence-electron chi connectivity index (χ2n) is 2.83. The number of nitrogens with zero attached hydrogens (tertiary/aromatic N) is 3.